The van der Waals surface area contributed by atoms with Gasteiger partial charge in [-0.3, -0.25) is 0 Å². The molecule has 2 rings (SSSR count). The topological polar surface area (TPSA) is 26.0 Å². The van der Waals surface area contributed by atoms with E-state index in [4.69, 9.17) is 5.73 Å². The predicted molar refractivity (Wildman–Crippen MR) is 62.7 cm³/mol. The second kappa shape index (κ2) is 4.03. The van der Waals surface area contributed by atoms with E-state index in [1.54, 1.807) is 0 Å². The molecule has 0 aromatic carbocycles. The van der Waals surface area contributed by atoms with Crippen LogP contribution in [0, 0.1) is 19.8 Å². The third kappa shape index (κ3) is 1.86. The van der Waals surface area contributed by atoms with Crippen LogP contribution in [0.5, 0.6) is 0 Å². The summed E-state index contributed by atoms with van der Waals surface area (Å²) in [6, 6.07) is 2.56. The van der Waals surface area contributed by atoms with Gasteiger partial charge in [0.1, 0.15) is 0 Å². The van der Waals surface area contributed by atoms with Crippen molar-refractivity contribution in [2.45, 2.75) is 45.6 Å². The Kier molecular flexibility index (Phi) is 2.93. The Morgan fingerprint density at radius 2 is 2.00 bits per heavy atom. The van der Waals surface area contributed by atoms with Gasteiger partial charge >= 0.3 is 0 Å². The Bertz CT molecular complexity index is 310. The number of hydrogen-bond donors (Lipinski definition) is 1. The molecule has 1 atom stereocenters. The largest absolute Gasteiger partial charge is 0.323 e. The number of thiophene rings is 1. The highest BCUT2D eigenvalue weighted by molar-refractivity contribution is 7.12. The standard InChI is InChI=1S/C12H19NS/c1-8-7-9(2)14-12(8)11(13)10-5-3-4-6-10/h7,10-11H,3-6,13H2,1-2H3. The van der Waals surface area contributed by atoms with E-state index in [0.29, 0.717) is 6.04 Å². The first-order valence-electron chi connectivity index (χ1n) is 5.51. The molecule has 0 amide bonds. The summed E-state index contributed by atoms with van der Waals surface area (Å²) in [4.78, 5) is 2.82. The molecular formula is C12H19NS. The van der Waals surface area contributed by atoms with Crippen LogP contribution in [0.3, 0.4) is 0 Å². The van der Waals surface area contributed by atoms with Crippen molar-refractivity contribution in [3.63, 3.8) is 0 Å². The fraction of sp³-hybridized carbons (Fsp3) is 0.667. The Labute approximate surface area is 90.3 Å². The molecule has 0 bridgehead atoms. The Morgan fingerprint density at radius 3 is 2.50 bits per heavy atom. The Hall–Kier alpha value is -0.340. The van der Waals surface area contributed by atoms with Gasteiger partial charge in [-0.15, -0.1) is 11.3 Å². The minimum absolute atomic E-state index is 0.302. The first kappa shape index (κ1) is 10.2. The summed E-state index contributed by atoms with van der Waals surface area (Å²) in [5.41, 5.74) is 7.72. The molecule has 0 spiro atoms. The fourth-order valence-corrected chi connectivity index (χ4v) is 3.65. The van der Waals surface area contributed by atoms with Gasteiger partial charge in [0.2, 0.25) is 0 Å². The summed E-state index contributed by atoms with van der Waals surface area (Å²) in [6.45, 7) is 4.36. The third-order valence-corrected chi connectivity index (χ3v) is 4.54. The smallest absolute Gasteiger partial charge is 0.0421 e. The molecule has 1 heterocycles. The van der Waals surface area contributed by atoms with Gasteiger partial charge in [-0.1, -0.05) is 12.8 Å². The number of nitrogens with two attached hydrogens (primary N) is 1. The van der Waals surface area contributed by atoms with E-state index in [1.807, 2.05) is 11.3 Å². The lowest BCUT2D eigenvalue weighted by molar-refractivity contribution is 0.449. The molecule has 0 saturated heterocycles. The zero-order valence-corrected chi connectivity index (χ0v) is 9.86. The summed E-state index contributed by atoms with van der Waals surface area (Å²) >= 11 is 1.88. The van der Waals surface area contributed by atoms with Gasteiger partial charge < -0.3 is 5.73 Å². The van der Waals surface area contributed by atoms with Crippen LogP contribution < -0.4 is 5.73 Å². The van der Waals surface area contributed by atoms with E-state index in [2.05, 4.69) is 19.9 Å². The van der Waals surface area contributed by atoms with E-state index in [1.165, 1.54) is 41.0 Å². The summed E-state index contributed by atoms with van der Waals surface area (Å²) in [5.74, 6) is 0.742. The normalized spacial score (nSPS) is 20.2. The van der Waals surface area contributed by atoms with Gasteiger partial charge in [-0.05, 0) is 44.2 Å². The monoisotopic (exact) mass is 209 g/mol. The second-order valence-electron chi connectivity index (χ2n) is 4.47. The first-order chi connectivity index (χ1) is 6.68. The van der Waals surface area contributed by atoms with E-state index >= 15 is 0 Å². The lowest BCUT2D eigenvalue weighted by atomic mass is 9.96. The zero-order valence-electron chi connectivity index (χ0n) is 9.05. The van der Waals surface area contributed by atoms with Crippen molar-refractivity contribution >= 4 is 11.3 Å². The highest BCUT2D eigenvalue weighted by Crippen LogP contribution is 2.38. The maximum atomic E-state index is 6.32. The third-order valence-electron chi connectivity index (χ3n) is 3.29. The van der Waals surface area contributed by atoms with Crippen LogP contribution in [0.15, 0.2) is 6.07 Å². The van der Waals surface area contributed by atoms with Crippen LogP contribution in [0.2, 0.25) is 0 Å². The van der Waals surface area contributed by atoms with Crippen LogP contribution in [-0.4, -0.2) is 0 Å². The number of aryl methyl sites for hydroxylation is 2. The van der Waals surface area contributed by atoms with Crippen molar-refractivity contribution in [1.82, 2.24) is 0 Å². The van der Waals surface area contributed by atoms with Gasteiger partial charge in [0.25, 0.3) is 0 Å². The average Bonchev–Trinajstić information content (AvgIpc) is 2.73. The van der Waals surface area contributed by atoms with E-state index in [9.17, 15) is 0 Å². The van der Waals surface area contributed by atoms with Crippen LogP contribution in [0.4, 0.5) is 0 Å². The first-order valence-corrected chi connectivity index (χ1v) is 6.32. The number of rotatable bonds is 2. The molecule has 2 heteroatoms. The van der Waals surface area contributed by atoms with Crippen molar-refractivity contribution in [1.29, 1.82) is 0 Å². The van der Waals surface area contributed by atoms with Gasteiger partial charge in [0.05, 0.1) is 0 Å². The van der Waals surface area contributed by atoms with E-state index < -0.39 is 0 Å². The highest BCUT2D eigenvalue weighted by Gasteiger charge is 2.25. The van der Waals surface area contributed by atoms with Crippen LogP contribution >= 0.6 is 11.3 Å². The highest BCUT2D eigenvalue weighted by atomic mass is 32.1. The molecule has 1 aromatic heterocycles. The molecule has 1 unspecified atom stereocenters. The van der Waals surface area contributed by atoms with E-state index in [0.717, 1.165) is 5.92 Å². The molecule has 0 radical (unpaired) electrons. The minimum Gasteiger partial charge on any atom is -0.323 e. The molecule has 14 heavy (non-hydrogen) atoms. The summed E-state index contributed by atoms with van der Waals surface area (Å²) in [7, 11) is 0. The van der Waals surface area contributed by atoms with E-state index in [-0.39, 0.29) is 0 Å². The quantitative estimate of drug-likeness (QED) is 0.792. The lowest BCUT2D eigenvalue weighted by Gasteiger charge is -2.18. The van der Waals surface area contributed by atoms with Crippen molar-refractivity contribution in [3.05, 3.63) is 21.4 Å². The molecule has 0 aliphatic heterocycles. The second-order valence-corrected chi connectivity index (χ2v) is 5.76. The molecule has 78 valence electrons. The lowest BCUT2D eigenvalue weighted by Crippen LogP contribution is -2.18. The fourth-order valence-electron chi connectivity index (χ4n) is 2.52. The molecule has 1 aliphatic rings. The maximum Gasteiger partial charge on any atom is 0.0421 e. The van der Waals surface area contributed by atoms with Crippen LogP contribution in [0.25, 0.3) is 0 Å². The molecule has 1 aliphatic carbocycles. The molecule has 1 fully saturated rings. The minimum atomic E-state index is 0.302. The van der Waals surface area contributed by atoms with Gasteiger partial charge in [0, 0.05) is 15.8 Å². The van der Waals surface area contributed by atoms with Crippen LogP contribution in [0.1, 0.15) is 47.0 Å². The Balaban J connectivity index is 2.17. The summed E-state index contributed by atoms with van der Waals surface area (Å²) in [5, 5.41) is 0. The van der Waals surface area contributed by atoms with Crippen molar-refractivity contribution in [2.75, 3.05) is 0 Å². The molecule has 2 N–H and O–H groups in total. The maximum absolute atomic E-state index is 6.32. The van der Waals surface area contributed by atoms with Gasteiger partial charge in [-0.2, -0.15) is 0 Å². The van der Waals surface area contributed by atoms with Crippen LogP contribution in [-0.2, 0) is 0 Å². The average molecular weight is 209 g/mol. The molecule has 1 aromatic rings. The predicted octanol–water partition coefficient (Wildman–Crippen LogP) is 3.55. The van der Waals surface area contributed by atoms with Crippen molar-refractivity contribution < 1.29 is 0 Å². The molecular weight excluding hydrogens is 190 g/mol. The van der Waals surface area contributed by atoms with Crippen molar-refractivity contribution in [2.24, 2.45) is 11.7 Å². The zero-order chi connectivity index (χ0) is 10.1. The number of hydrogen-bond acceptors (Lipinski definition) is 2. The molecule has 1 saturated carbocycles. The van der Waals surface area contributed by atoms with Crippen molar-refractivity contribution in [3.8, 4) is 0 Å². The Morgan fingerprint density at radius 1 is 1.36 bits per heavy atom. The summed E-state index contributed by atoms with van der Waals surface area (Å²) in [6.07, 6.45) is 5.42. The summed E-state index contributed by atoms with van der Waals surface area (Å²) < 4.78 is 0. The molecule has 1 nitrogen and oxygen atoms in total. The van der Waals surface area contributed by atoms with Gasteiger partial charge in [-0.25, -0.2) is 0 Å². The SMILES string of the molecule is Cc1cc(C)c(C(N)C2CCCC2)s1. The van der Waals surface area contributed by atoms with Gasteiger partial charge in [0.15, 0.2) is 0 Å².